The van der Waals surface area contributed by atoms with Crippen LogP contribution in [0.2, 0.25) is 0 Å². The number of pyridine rings is 1. The molecule has 1 aromatic rings. The summed E-state index contributed by atoms with van der Waals surface area (Å²) in [5, 5.41) is 10.0. The number of aliphatic hydroxyl groups excluding tert-OH is 1. The molecule has 1 atom stereocenters. The highest BCUT2D eigenvalue weighted by molar-refractivity contribution is 8.00. The fraction of sp³-hybridized carbons (Fsp3) is 0.643. The third-order valence-electron chi connectivity index (χ3n) is 3.23. The van der Waals surface area contributed by atoms with Crippen molar-refractivity contribution in [3.63, 3.8) is 0 Å². The third kappa shape index (κ3) is 3.18. The zero-order chi connectivity index (χ0) is 13.1. The van der Waals surface area contributed by atoms with Crippen LogP contribution in [0.4, 0.5) is 5.82 Å². The normalized spacial score (nSPS) is 20.5. The van der Waals surface area contributed by atoms with Crippen LogP contribution in [0.1, 0.15) is 37.9 Å². The highest BCUT2D eigenvalue weighted by atomic mass is 32.2. The smallest absolute Gasteiger partial charge is 0.129 e. The van der Waals surface area contributed by atoms with Gasteiger partial charge in [-0.25, -0.2) is 4.98 Å². The molecule has 0 saturated carbocycles. The lowest BCUT2D eigenvalue weighted by Crippen LogP contribution is -2.37. The average molecular weight is 266 g/mol. The second-order valence-corrected chi connectivity index (χ2v) is 6.75. The lowest BCUT2D eigenvalue weighted by Gasteiger charge is -2.32. The molecule has 0 spiro atoms. The topological polar surface area (TPSA) is 36.4 Å². The summed E-state index contributed by atoms with van der Waals surface area (Å²) in [5.74, 6) is 2.58. The van der Waals surface area contributed by atoms with Crippen molar-refractivity contribution in [2.24, 2.45) is 0 Å². The van der Waals surface area contributed by atoms with E-state index < -0.39 is 0 Å². The van der Waals surface area contributed by atoms with Gasteiger partial charge in [-0.2, -0.15) is 11.8 Å². The third-order valence-corrected chi connectivity index (χ3v) is 4.37. The van der Waals surface area contributed by atoms with Gasteiger partial charge in [0.1, 0.15) is 5.82 Å². The van der Waals surface area contributed by atoms with Crippen molar-refractivity contribution in [1.82, 2.24) is 4.98 Å². The minimum atomic E-state index is 0.0907. The van der Waals surface area contributed by atoms with Gasteiger partial charge in [0.25, 0.3) is 0 Å². The molecule has 2 rings (SSSR count). The minimum Gasteiger partial charge on any atom is -0.392 e. The molecule has 1 aromatic heterocycles. The van der Waals surface area contributed by atoms with Gasteiger partial charge in [-0.3, -0.25) is 0 Å². The molecule has 4 heteroatoms. The first kappa shape index (κ1) is 13.7. The second-order valence-electron chi connectivity index (χ2n) is 5.20. The number of rotatable bonds is 3. The summed E-state index contributed by atoms with van der Waals surface area (Å²) in [6.07, 6.45) is 0. The van der Waals surface area contributed by atoms with E-state index in [2.05, 4.69) is 25.7 Å². The number of hydrogen-bond acceptors (Lipinski definition) is 4. The standard InChI is InChI=1S/C14H22N2OS/c1-10(2)13-6-12(9-17)7-14(15-13)16-4-5-18-11(3)8-16/h6-7,10-11,17H,4-5,8-9H2,1-3H3. The molecular weight excluding hydrogens is 244 g/mol. The van der Waals surface area contributed by atoms with Crippen LogP contribution in [-0.2, 0) is 6.61 Å². The molecule has 1 aliphatic heterocycles. The van der Waals surface area contributed by atoms with Crippen molar-refractivity contribution in [3.05, 3.63) is 23.4 Å². The Bertz CT molecular complexity index is 409. The molecule has 100 valence electrons. The van der Waals surface area contributed by atoms with Crippen molar-refractivity contribution < 1.29 is 5.11 Å². The maximum absolute atomic E-state index is 9.37. The van der Waals surface area contributed by atoms with E-state index in [1.807, 2.05) is 23.9 Å². The van der Waals surface area contributed by atoms with Crippen molar-refractivity contribution >= 4 is 17.6 Å². The maximum Gasteiger partial charge on any atom is 0.129 e. The van der Waals surface area contributed by atoms with Crippen molar-refractivity contribution in [2.45, 2.75) is 38.5 Å². The summed E-state index contributed by atoms with van der Waals surface area (Å²) in [6, 6.07) is 4.03. The van der Waals surface area contributed by atoms with Crippen molar-refractivity contribution in [3.8, 4) is 0 Å². The Morgan fingerprint density at radius 3 is 2.89 bits per heavy atom. The lowest BCUT2D eigenvalue weighted by molar-refractivity contribution is 0.281. The molecule has 0 radical (unpaired) electrons. The summed E-state index contributed by atoms with van der Waals surface area (Å²) in [5.41, 5.74) is 2.04. The highest BCUT2D eigenvalue weighted by Crippen LogP contribution is 2.25. The maximum atomic E-state index is 9.37. The van der Waals surface area contributed by atoms with Gasteiger partial charge >= 0.3 is 0 Å². The van der Waals surface area contributed by atoms with E-state index in [9.17, 15) is 5.11 Å². The molecule has 0 amide bonds. The number of thioether (sulfide) groups is 1. The molecule has 1 saturated heterocycles. The fourth-order valence-corrected chi connectivity index (χ4v) is 3.18. The second kappa shape index (κ2) is 5.93. The molecule has 1 unspecified atom stereocenters. The Morgan fingerprint density at radius 2 is 2.28 bits per heavy atom. The predicted octanol–water partition coefficient (Wildman–Crippen LogP) is 2.64. The van der Waals surface area contributed by atoms with Gasteiger partial charge in [0.15, 0.2) is 0 Å². The highest BCUT2D eigenvalue weighted by Gasteiger charge is 2.19. The number of aromatic nitrogens is 1. The Labute approximate surface area is 114 Å². The van der Waals surface area contributed by atoms with E-state index in [0.717, 1.165) is 35.9 Å². The van der Waals surface area contributed by atoms with Crippen LogP contribution in [0, 0.1) is 0 Å². The first-order chi connectivity index (χ1) is 8.60. The first-order valence-electron chi connectivity index (χ1n) is 6.58. The van der Waals surface area contributed by atoms with Crippen LogP contribution in [0.15, 0.2) is 12.1 Å². The number of aliphatic hydroxyl groups is 1. The van der Waals surface area contributed by atoms with Crippen LogP contribution in [0.5, 0.6) is 0 Å². The van der Waals surface area contributed by atoms with Crippen molar-refractivity contribution in [2.75, 3.05) is 23.7 Å². The zero-order valence-corrected chi connectivity index (χ0v) is 12.2. The molecule has 1 N–H and O–H groups in total. The van der Waals surface area contributed by atoms with Crippen LogP contribution < -0.4 is 4.90 Å². The summed E-state index contributed by atoms with van der Waals surface area (Å²) in [7, 11) is 0. The average Bonchev–Trinajstić information content (AvgIpc) is 2.38. The monoisotopic (exact) mass is 266 g/mol. The zero-order valence-electron chi connectivity index (χ0n) is 11.4. The van der Waals surface area contributed by atoms with E-state index >= 15 is 0 Å². The molecule has 1 fully saturated rings. The van der Waals surface area contributed by atoms with E-state index in [4.69, 9.17) is 4.98 Å². The van der Waals surface area contributed by atoms with E-state index in [1.54, 1.807) is 0 Å². The van der Waals surface area contributed by atoms with Crippen LogP contribution in [-0.4, -0.2) is 34.2 Å². The Morgan fingerprint density at radius 1 is 1.50 bits per heavy atom. The number of anilines is 1. The summed E-state index contributed by atoms with van der Waals surface area (Å²) in [6.45, 7) is 8.73. The molecular formula is C14H22N2OS. The van der Waals surface area contributed by atoms with Gasteiger partial charge in [-0.15, -0.1) is 0 Å². The van der Waals surface area contributed by atoms with Gasteiger partial charge in [-0.1, -0.05) is 20.8 Å². The minimum absolute atomic E-state index is 0.0907. The molecule has 3 nitrogen and oxygen atoms in total. The van der Waals surface area contributed by atoms with E-state index in [0.29, 0.717) is 11.2 Å². The molecule has 0 bridgehead atoms. The summed E-state index contributed by atoms with van der Waals surface area (Å²) >= 11 is 2.02. The van der Waals surface area contributed by atoms with E-state index in [-0.39, 0.29) is 6.61 Å². The fourth-order valence-electron chi connectivity index (χ4n) is 2.17. The van der Waals surface area contributed by atoms with Gasteiger partial charge in [0, 0.05) is 29.8 Å². The summed E-state index contributed by atoms with van der Waals surface area (Å²) in [4.78, 5) is 7.08. The van der Waals surface area contributed by atoms with Crippen LogP contribution in [0.25, 0.3) is 0 Å². The molecule has 18 heavy (non-hydrogen) atoms. The molecule has 0 aliphatic carbocycles. The van der Waals surface area contributed by atoms with Crippen LogP contribution >= 0.6 is 11.8 Å². The van der Waals surface area contributed by atoms with Gasteiger partial charge in [0.05, 0.1) is 6.61 Å². The van der Waals surface area contributed by atoms with Crippen LogP contribution in [0.3, 0.4) is 0 Å². The van der Waals surface area contributed by atoms with E-state index in [1.165, 1.54) is 0 Å². The number of hydrogen-bond donors (Lipinski definition) is 1. The Balaban J connectivity index is 2.28. The molecule has 2 heterocycles. The SMILES string of the molecule is CC1CN(c2cc(CO)cc(C(C)C)n2)CCS1. The van der Waals surface area contributed by atoms with Crippen molar-refractivity contribution in [1.29, 1.82) is 0 Å². The quantitative estimate of drug-likeness (QED) is 0.912. The predicted molar refractivity (Wildman–Crippen MR) is 78.4 cm³/mol. The van der Waals surface area contributed by atoms with Gasteiger partial charge < -0.3 is 10.0 Å². The Hall–Kier alpha value is -0.740. The first-order valence-corrected chi connectivity index (χ1v) is 7.63. The molecule has 0 aromatic carbocycles. The Kier molecular flexibility index (Phi) is 4.51. The van der Waals surface area contributed by atoms with Gasteiger partial charge in [-0.05, 0) is 23.6 Å². The summed E-state index contributed by atoms with van der Waals surface area (Å²) < 4.78 is 0. The molecule has 1 aliphatic rings. The van der Waals surface area contributed by atoms with Gasteiger partial charge in [0.2, 0.25) is 0 Å². The lowest BCUT2D eigenvalue weighted by atomic mass is 10.1. The largest absolute Gasteiger partial charge is 0.392 e. The number of nitrogens with zero attached hydrogens (tertiary/aromatic N) is 2.